The van der Waals surface area contributed by atoms with Crippen molar-refractivity contribution < 1.29 is 18.0 Å². The number of imidazole rings is 1. The van der Waals surface area contributed by atoms with Gasteiger partial charge in [-0.15, -0.1) is 0 Å². The van der Waals surface area contributed by atoms with Crippen molar-refractivity contribution in [1.29, 1.82) is 0 Å². The van der Waals surface area contributed by atoms with Crippen LogP contribution in [0.5, 0.6) is 0 Å². The van der Waals surface area contributed by atoms with Gasteiger partial charge < -0.3 is 15.1 Å². The molecule has 11 heteroatoms. The second-order valence-electron chi connectivity index (χ2n) is 7.83. The first-order valence-electron chi connectivity index (χ1n) is 10.3. The Morgan fingerprint density at radius 1 is 1.21 bits per heavy atom. The van der Waals surface area contributed by atoms with E-state index in [1.807, 2.05) is 11.0 Å². The Kier molecular flexibility index (Phi) is 5.23. The van der Waals surface area contributed by atoms with Crippen molar-refractivity contribution in [3.63, 3.8) is 0 Å². The van der Waals surface area contributed by atoms with Gasteiger partial charge in [-0.1, -0.05) is 18.2 Å². The Morgan fingerprint density at radius 3 is 2.85 bits per heavy atom. The third-order valence-electron chi connectivity index (χ3n) is 5.79. The van der Waals surface area contributed by atoms with Crippen LogP contribution in [0.15, 0.2) is 42.9 Å². The minimum Gasteiger partial charge on any atom is -0.365 e. The Morgan fingerprint density at radius 2 is 2.06 bits per heavy atom. The quantitative estimate of drug-likeness (QED) is 0.498. The van der Waals surface area contributed by atoms with E-state index < -0.39 is 17.8 Å². The van der Waals surface area contributed by atoms with E-state index in [1.165, 1.54) is 12.1 Å². The predicted molar refractivity (Wildman–Crippen MR) is 117 cm³/mol. The largest absolute Gasteiger partial charge is 0.365 e. The number of fused-ring (bicyclic) bond motifs is 3. The lowest BCUT2D eigenvalue weighted by Gasteiger charge is -2.32. The fourth-order valence-electron chi connectivity index (χ4n) is 3.89. The third-order valence-corrected chi connectivity index (χ3v) is 5.79. The molecule has 0 radical (unpaired) electrons. The number of aromatic nitrogens is 4. The Bertz CT molecular complexity index is 1360. The fraction of sp³-hybridized carbons (Fsp3) is 0.273. The zero-order valence-corrected chi connectivity index (χ0v) is 17.7. The molecule has 170 valence electrons. The van der Waals surface area contributed by atoms with Gasteiger partial charge in [-0.2, -0.15) is 4.98 Å². The van der Waals surface area contributed by atoms with Crippen LogP contribution >= 0.6 is 0 Å². The van der Waals surface area contributed by atoms with Crippen molar-refractivity contribution in [2.24, 2.45) is 0 Å². The van der Waals surface area contributed by atoms with Crippen molar-refractivity contribution in [3.05, 3.63) is 59.8 Å². The number of halogens is 3. The van der Waals surface area contributed by atoms with Gasteiger partial charge in [0.2, 0.25) is 11.7 Å². The number of hydrogen-bond donors (Lipinski definition) is 1. The topological polar surface area (TPSA) is 78.7 Å². The summed E-state index contributed by atoms with van der Waals surface area (Å²) in [5.41, 5.74) is 0.179. The molecule has 3 aromatic heterocycles. The summed E-state index contributed by atoms with van der Waals surface area (Å²) in [6, 6.07) is 5.74. The molecule has 1 aliphatic rings. The molecule has 8 nitrogen and oxygen atoms in total. The number of nitrogens with one attached hydrogen (secondary N) is 1. The molecule has 0 spiro atoms. The number of nitrogens with zero attached hydrogens (tertiary/aromatic N) is 6. The first-order chi connectivity index (χ1) is 15.9. The van der Waals surface area contributed by atoms with Crippen molar-refractivity contribution in [1.82, 2.24) is 24.3 Å². The zero-order valence-electron chi connectivity index (χ0n) is 17.7. The lowest BCUT2D eigenvalue weighted by atomic mass is 10.1. The molecule has 0 bridgehead atoms. The average molecular weight is 455 g/mol. The predicted octanol–water partition coefficient (Wildman–Crippen LogP) is 3.24. The number of alkyl halides is 2. The molecule has 1 N–H and O–H groups in total. The smallest absolute Gasteiger partial charge is 0.266 e. The molecule has 4 heterocycles. The molecule has 1 aromatic carbocycles. The van der Waals surface area contributed by atoms with Gasteiger partial charge in [-0.25, -0.2) is 23.1 Å². The molecule has 5 rings (SSSR count). The molecule has 1 saturated heterocycles. The second-order valence-corrected chi connectivity index (χ2v) is 7.83. The first-order valence-corrected chi connectivity index (χ1v) is 10.3. The molecule has 4 aromatic rings. The van der Waals surface area contributed by atoms with Crippen LogP contribution in [-0.2, 0) is 11.3 Å². The van der Waals surface area contributed by atoms with Gasteiger partial charge in [0.15, 0.2) is 0 Å². The number of rotatable bonds is 5. The molecule has 0 aliphatic carbocycles. The summed E-state index contributed by atoms with van der Waals surface area (Å²) in [5.74, 6) is 0.494. The normalized spacial score (nSPS) is 14.6. The van der Waals surface area contributed by atoms with E-state index in [0.29, 0.717) is 41.4 Å². The number of pyridine rings is 1. The summed E-state index contributed by atoms with van der Waals surface area (Å²) in [4.78, 5) is 29.0. The van der Waals surface area contributed by atoms with Crippen LogP contribution in [-0.4, -0.2) is 56.8 Å². The van der Waals surface area contributed by atoms with Crippen molar-refractivity contribution in [2.45, 2.75) is 13.0 Å². The van der Waals surface area contributed by atoms with Gasteiger partial charge in [0.05, 0.1) is 23.8 Å². The van der Waals surface area contributed by atoms with Gasteiger partial charge in [0.25, 0.3) is 6.43 Å². The van der Waals surface area contributed by atoms with Crippen LogP contribution in [0.1, 0.15) is 17.6 Å². The second kappa shape index (κ2) is 8.23. The van der Waals surface area contributed by atoms with E-state index in [-0.39, 0.29) is 24.6 Å². The highest BCUT2D eigenvalue weighted by molar-refractivity contribution is 5.93. The number of carbonyl (C=O) groups excluding carboxylic acids is 1. The third kappa shape index (κ3) is 3.79. The highest BCUT2D eigenvalue weighted by Gasteiger charge is 2.23. The van der Waals surface area contributed by atoms with Crippen molar-refractivity contribution in [3.8, 4) is 0 Å². The fourth-order valence-corrected chi connectivity index (χ4v) is 3.89. The molecular weight excluding hydrogens is 435 g/mol. The number of likely N-dealkylation sites (N-methyl/N-ethyl adjacent to an activating group) is 1. The average Bonchev–Trinajstić information content (AvgIpc) is 3.28. The molecule has 0 atom stereocenters. The maximum Gasteiger partial charge on any atom is 0.266 e. The number of hydrogen-bond acceptors (Lipinski definition) is 6. The molecule has 1 amide bonds. The summed E-state index contributed by atoms with van der Waals surface area (Å²) in [6.45, 7) is 1.39. The number of piperazine rings is 1. The maximum absolute atomic E-state index is 14.5. The first kappa shape index (κ1) is 21.0. The Balaban J connectivity index is 1.53. The van der Waals surface area contributed by atoms with E-state index >= 15 is 0 Å². The minimum absolute atomic E-state index is 0.000862. The highest BCUT2D eigenvalue weighted by Crippen LogP contribution is 2.28. The van der Waals surface area contributed by atoms with Crippen LogP contribution < -0.4 is 10.2 Å². The van der Waals surface area contributed by atoms with Crippen molar-refractivity contribution >= 4 is 34.2 Å². The summed E-state index contributed by atoms with van der Waals surface area (Å²) in [7, 11) is 1.76. The zero-order chi connectivity index (χ0) is 23.1. The number of anilines is 2. The Labute approximate surface area is 186 Å². The molecule has 1 fully saturated rings. The molecule has 33 heavy (non-hydrogen) atoms. The van der Waals surface area contributed by atoms with Crippen LogP contribution in [0, 0.1) is 5.82 Å². The van der Waals surface area contributed by atoms with Gasteiger partial charge in [0, 0.05) is 50.0 Å². The summed E-state index contributed by atoms with van der Waals surface area (Å²) >= 11 is 0. The lowest BCUT2D eigenvalue weighted by Crippen LogP contribution is -2.48. The standard InChI is InChI=1S/C22H20F3N7O/c1-30-7-8-31(12-18(30)33)17-9-15-16(11-27-17)32-6-5-26-22(32)29-21(15)28-10-13-3-2-4-14(19(13)23)20(24)25/h2-6,9,11,20H,7-8,10,12H2,1H3,(H,26,28,29). The molecular formula is C22H20F3N7O. The number of amides is 1. The number of benzene rings is 1. The SMILES string of the molecule is CN1CCN(c2cc3c(NCc4cccc(C(F)F)c4F)nc4nccn4c3cn2)CC1=O. The summed E-state index contributed by atoms with van der Waals surface area (Å²) < 4.78 is 42.4. The van der Waals surface area contributed by atoms with Crippen LogP contribution in [0.4, 0.5) is 24.8 Å². The molecule has 0 unspecified atom stereocenters. The summed E-state index contributed by atoms with van der Waals surface area (Å²) in [5, 5.41) is 3.75. The Hall–Kier alpha value is -3.89. The van der Waals surface area contributed by atoms with E-state index in [1.54, 1.807) is 34.9 Å². The van der Waals surface area contributed by atoms with E-state index in [4.69, 9.17) is 0 Å². The van der Waals surface area contributed by atoms with Gasteiger partial charge in [-0.3, -0.25) is 9.20 Å². The van der Waals surface area contributed by atoms with Gasteiger partial charge in [-0.05, 0) is 6.07 Å². The van der Waals surface area contributed by atoms with Gasteiger partial charge >= 0.3 is 0 Å². The van der Waals surface area contributed by atoms with E-state index in [2.05, 4.69) is 20.3 Å². The monoisotopic (exact) mass is 455 g/mol. The van der Waals surface area contributed by atoms with Crippen molar-refractivity contribution in [2.75, 3.05) is 36.9 Å². The molecule has 1 aliphatic heterocycles. The van der Waals surface area contributed by atoms with Crippen LogP contribution in [0.3, 0.4) is 0 Å². The van der Waals surface area contributed by atoms with Crippen LogP contribution in [0.2, 0.25) is 0 Å². The minimum atomic E-state index is -2.90. The lowest BCUT2D eigenvalue weighted by molar-refractivity contribution is -0.129. The maximum atomic E-state index is 14.5. The summed E-state index contributed by atoms with van der Waals surface area (Å²) in [6.07, 6.45) is 2.13. The number of carbonyl (C=O) groups is 1. The van der Waals surface area contributed by atoms with Gasteiger partial charge in [0.1, 0.15) is 17.5 Å². The highest BCUT2D eigenvalue weighted by atomic mass is 19.3. The molecule has 0 saturated carbocycles. The van der Waals surface area contributed by atoms with E-state index in [9.17, 15) is 18.0 Å². The van der Waals surface area contributed by atoms with E-state index in [0.717, 1.165) is 6.07 Å². The van der Waals surface area contributed by atoms with Crippen LogP contribution in [0.25, 0.3) is 16.7 Å².